The highest BCUT2D eigenvalue weighted by Gasteiger charge is 2.32. The van der Waals surface area contributed by atoms with Crippen LogP contribution in [0.4, 0.5) is 13.2 Å². The Morgan fingerprint density at radius 2 is 1.95 bits per heavy atom. The van der Waals surface area contributed by atoms with Crippen molar-refractivity contribution in [2.75, 3.05) is 6.79 Å². The zero-order valence-corrected chi connectivity index (χ0v) is 13.7. The molecule has 1 rings (SSSR count). The molecule has 0 N–H and O–H groups in total. The van der Waals surface area contributed by atoms with E-state index in [-0.39, 0.29) is 23.7 Å². The number of rotatable bonds is 7. The Morgan fingerprint density at radius 1 is 1.29 bits per heavy atom. The molecule has 1 aromatic carbocycles. The lowest BCUT2D eigenvalue weighted by Crippen LogP contribution is -2.18. The molecule has 0 aliphatic carbocycles. The molecule has 0 saturated heterocycles. The molecule has 0 heterocycles. The van der Waals surface area contributed by atoms with E-state index in [2.05, 4.69) is 17.8 Å². The maximum absolute atomic E-state index is 12.2. The van der Waals surface area contributed by atoms with E-state index < -0.39 is 20.9 Å². The summed E-state index contributed by atoms with van der Waals surface area (Å²) in [5, 5.41) is -0.141. The van der Waals surface area contributed by atoms with Crippen LogP contribution in [0.15, 0.2) is 18.2 Å². The molecule has 1 radical (unpaired) electrons. The first-order valence-corrected chi connectivity index (χ1v) is 9.34. The van der Waals surface area contributed by atoms with Crippen molar-refractivity contribution in [3.63, 3.8) is 0 Å². The molecule has 1 unspecified atom stereocenters. The van der Waals surface area contributed by atoms with Gasteiger partial charge in [0.05, 0.1) is 11.1 Å². The van der Waals surface area contributed by atoms with E-state index in [9.17, 15) is 13.2 Å². The average Bonchev–Trinajstić information content (AvgIpc) is 2.30. The van der Waals surface area contributed by atoms with Crippen LogP contribution in [0.25, 0.3) is 0 Å². The molecular weight excluding hydrogens is 325 g/mol. The van der Waals surface area contributed by atoms with E-state index in [1.165, 1.54) is 12.1 Å². The summed E-state index contributed by atoms with van der Waals surface area (Å²) in [6.45, 7) is 6.24. The zero-order valence-electron chi connectivity index (χ0n) is 12.0. The van der Waals surface area contributed by atoms with Crippen molar-refractivity contribution in [3.05, 3.63) is 23.2 Å². The van der Waals surface area contributed by atoms with Gasteiger partial charge in [0.1, 0.15) is 5.75 Å². The second-order valence-corrected chi connectivity index (χ2v) is 8.02. The van der Waals surface area contributed by atoms with Crippen molar-refractivity contribution in [1.29, 1.82) is 0 Å². The standard InChI is InChI=1S/C13H17ClF3O3Si/c1-9(7-21(2)3)18-8-19-10-4-5-11(14)12(6-10)20-13(15,16)17/h4-6,9H,7-8H2,1-3H3. The Bertz CT molecular complexity index is 455. The van der Waals surface area contributed by atoms with Crippen LogP contribution < -0.4 is 9.47 Å². The van der Waals surface area contributed by atoms with Crippen molar-refractivity contribution in [2.24, 2.45) is 0 Å². The van der Waals surface area contributed by atoms with Crippen molar-refractivity contribution >= 4 is 20.4 Å². The van der Waals surface area contributed by atoms with Gasteiger partial charge in [0.25, 0.3) is 0 Å². The summed E-state index contributed by atoms with van der Waals surface area (Å²) in [4.78, 5) is 0. The van der Waals surface area contributed by atoms with E-state index in [4.69, 9.17) is 21.1 Å². The number of hydrogen-bond donors (Lipinski definition) is 0. The van der Waals surface area contributed by atoms with Crippen molar-refractivity contribution < 1.29 is 27.4 Å². The quantitative estimate of drug-likeness (QED) is 0.530. The lowest BCUT2D eigenvalue weighted by molar-refractivity contribution is -0.274. The Morgan fingerprint density at radius 3 is 2.52 bits per heavy atom. The third kappa shape index (κ3) is 7.59. The van der Waals surface area contributed by atoms with E-state index >= 15 is 0 Å². The fourth-order valence-electron chi connectivity index (χ4n) is 1.63. The molecule has 1 atom stereocenters. The number of hydrogen-bond acceptors (Lipinski definition) is 3. The second kappa shape index (κ2) is 7.91. The van der Waals surface area contributed by atoms with Crippen LogP contribution in [0.5, 0.6) is 11.5 Å². The minimum absolute atomic E-state index is 0.0383. The van der Waals surface area contributed by atoms with Gasteiger partial charge < -0.3 is 14.2 Å². The minimum atomic E-state index is -4.80. The van der Waals surface area contributed by atoms with E-state index in [1.54, 1.807) is 0 Å². The molecule has 0 spiro atoms. The number of halogens is 4. The van der Waals surface area contributed by atoms with Crippen LogP contribution in [-0.2, 0) is 4.74 Å². The summed E-state index contributed by atoms with van der Waals surface area (Å²) in [7, 11) is -0.403. The topological polar surface area (TPSA) is 27.7 Å². The van der Waals surface area contributed by atoms with Gasteiger partial charge in [-0.3, -0.25) is 0 Å². The van der Waals surface area contributed by atoms with Crippen LogP contribution >= 0.6 is 11.6 Å². The van der Waals surface area contributed by atoms with Gasteiger partial charge in [-0.1, -0.05) is 24.7 Å². The monoisotopic (exact) mass is 341 g/mol. The molecule has 0 fully saturated rings. The summed E-state index contributed by atoms with van der Waals surface area (Å²) < 4.78 is 51.1. The molecule has 0 saturated carbocycles. The Balaban J connectivity index is 2.54. The molecule has 0 aliphatic rings. The summed E-state index contributed by atoms with van der Waals surface area (Å²) in [6.07, 6.45) is -4.75. The summed E-state index contributed by atoms with van der Waals surface area (Å²) in [5.41, 5.74) is 0. The lowest BCUT2D eigenvalue weighted by Gasteiger charge is -2.16. The smallest absolute Gasteiger partial charge is 0.467 e. The molecular formula is C13H17ClF3O3Si. The first kappa shape index (κ1) is 18.1. The first-order valence-electron chi connectivity index (χ1n) is 6.26. The first-order chi connectivity index (χ1) is 9.67. The fourth-order valence-corrected chi connectivity index (χ4v) is 3.05. The molecule has 0 amide bonds. The summed E-state index contributed by atoms with van der Waals surface area (Å²) >= 11 is 5.64. The molecule has 3 nitrogen and oxygen atoms in total. The van der Waals surface area contributed by atoms with Crippen molar-refractivity contribution in [3.8, 4) is 11.5 Å². The highest BCUT2D eigenvalue weighted by atomic mass is 35.5. The molecule has 8 heteroatoms. The predicted molar refractivity (Wildman–Crippen MR) is 76.5 cm³/mol. The summed E-state index contributed by atoms with van der Waals surface area (Å²) in [6, 6.07) is 4.78. The van der Waals surface area contributed by atoms with E-state index in [0.717, 1.165) is 12.1 Å². The Hall–Kier alpha value is -0.923. The third-order valence-electron chi connectivity index (χ3n) is 2.40. The highest BCUT2D eigenvalue weighted by molar-refractivity contribution is 6.55. The van der Waals surface area contributed by atoms with Gasteiger partial charge in [0.15, 0.2) is 12.5 Å². The number of alkyl halides is 3. The van der Waals surface area contributed by atoms with Gasteiger partial charge in [0, 0.05) is 14.9 Å². The van der Waals surface area contributed by atoms with Crippen LogP contribution in [0.2, 0.25) is 24.2 Å². The zero-order chi connectivity index (χ0) is 16.0. The van der Waals surface area contributed by atoms with Gasteiger partial charge in [-0.05, 0) is 25.1 Å². The van der Waals surface area contributed by atoms with Crippen molar-refractivity contribution in [1.82, 2.24) is 0 Å². The van der Waals surface area contributed by atoms with E-state index in [0.29, 0.717) is 0 Å². The van der Waals surface area contributed by atoms with Crippen LogP contribution in [-0.4, -0.2) is 28.1 Å². The fraction of sp³-hybridized carbons (Fsp3) is 0.538. The maximum Gasteiger partial charge on any atom is 0.573 e. The SMILES string of the molecule is CC(C[Si](C)C)OCOc1ccc(Cl)c(OC(F)(F)F)c1. The maximum atomic E-state index is 12.2. The third-order valence-corrected chi connectivity index (χ3v) is 4.11. The van der Waals surface area contributed by atoms with Crippen LogP contribution in [0, 0.1) is 0 Å². The molecule has 21 heavy (non-hydrogen) atoms. The number of benzene rings is 1. The van der Waals surface area contributed by atoms with Gasteiger partial charge in [-0.25, -0.2) is 0 Å². The molecule has 0 aliphatic heterocycles. The van der Waals surface area contributed by atoms with Crippen LogP contribution in [0.3, 0.4) is 0 Å². The number of ether oxygens (including phenoxy) is 3. The molecule has 0 aromatic heterocycles. The summed E-state index contributed by atoms with van der Waals surface area (Å²) in [5.74, 6) is -0.299. The minimum Gasteiger partial charge on any atom is -0.467 e. The lowest BCUT2D eigenvalue weighted by atomic mass is 10.3. The Labute approximate surface area is 128 Å². The van der Waals surface area contributed by atoms with E-state index in [1.807, 2.05) is 6.92 Å². The van der Waals surface area contributed by atoms with Gasteiger partial charge in [-0.15, -0.1) is 13.2 Å². The Kier molecular flexibility index (Phi) is 6.83. The van der Waals surface area contributed by atoms with Gasteiger partial charge >= 0.3 is 6.36 Å². The second-order valence-electron chi connectivity index (χ2n) is 4.79. The van der Waals surface area contributed by atoms with Crippen LogP contribution in [0.1, 0.15) is 6.92 Å². The molecule has 0 bridgehead atoms. The molecule has 119 valence electrons. The van der Waals surface area contributed by atoms with Gasteiger partial charge in [0.2, 0.25) is 0 Å². The average molecular weight is 342 g/mol. The normalized spacial score (nSPS) is 13.3. The predicted octanol–water partition coefficient (Wildman–Crippen LogP) is 4.73. The van der Waals surface area contributed by atoms with Crippen molar-refractivity contribution in [2.45, 2.75) is 38.5 Å². The highest BCUT2D eigenvalue weighted by Crippen LogP contribution is 2.33. The largest absolute Gasteiger partial charge is 0.573 e. The molecule has 1 aromatic rings. The van der Waals surface area contributed by atoms with Gasteiger partial charge in [-0.2, -0.15) is 0 Å².